The van der Waals surface area contributed by atoms with Crippen LogP contribution in [0.4, 0.5) is 4.79 Å². The monoisotopic (exact) mass is 264 g/mol. The molecule has 1 rings (SSSR count). The summed E-state index contributed by atoms with van der Waals surface area (Å²) >= 11 is 0. The van der Waals surface area contributed by atoms with Crippen molar-refractivity contribution in [3.63, 3.8) is 0 Å². The summed E-state index contributed by atoms with van der Waals surface area (Å²) in [7, 11) is 0. The second-order valence-electron chi connectivity index (χ2n) is 4.12. The van der Waals surface area contributed by atoms with E-state index in [2.05, 4.69) is 5.32 Å². The summed E-state index contributed by atoms with van der Waals surface area (Å²) in [5.74, 6) is -0.939. The van der Waals surface area contributed by atoms with Crippen LogP contribution in [0.1, 0.15) is 29.8 Å². The Kier molecular flexibility index (Phi) is 5.85. The number of carbonyl (C=O) groups is 2. The summed E-state index contributed by atoms with van der Waals surface area (Å²) in [6, 6.07) is 6.73. The van der Waals surface area contributed by atoms with Crippen LogP contribution in [0.2, 0.25) is 0 Å². The lowest BCUT2D eigenvalue weighted by Gasteiger charge is -2.19. The van der Waals surface area contributed by atoms with Gasteiger partial charge in [-0.2, -0.15) is 0 Å². The molecular weight excluding hydrogens is 244 g/mol. The minimum atomic E-state index is -0.939. The largest absolute Gasteiger partial charge is 0.478 e. The summed E-state index contributed by atoms with van der Waals surface area (Å²) in [5.41, 5.74) is 1.02. The molecule has 0 aliphatic rings. The second-order valence-corrected chi connectivity index (χ2v) is 4.12. The first-order chi connectivity index (χ1) is 9.10. The molecule has 0 atom stereocenters. The lowest BCUT2D eigenvalue weighted by atomic mass is 10.0. The van der Waals surface area contributed by atoms with E-state index in [0.717, 1.165) is 5.56 Å². The molecule has 0 bridgehead atoms. The van der Waals surface area contributed by atoms with Crippen molar-refractivity contribution >= 4 is 12.0 Å². The number of nitrogens with one attached hydrogen (secondary N) is 1. The van der Waals surface area contributed by atoms with Crippen molar-refractivity contribution in [2.75, 3.05) is 19.6 Å². The van der Waals surface area contributed by atoms with E-state index in [1.54, 1.807) is 29.2 Å². The number of nitrogens with zero attached hydrogens (tertiary/aromatic N) is 1. The van der Waals surface area contributed by atoms with Gasteiger partial charge in [-0.15, -0.1) is 0 Å². The standard InChI is InChI=1S/C14H20N2O3/c1-3-16(4-2)14(19)15-10-9-11-7-5-6-8-12(11)13(17)18/h5-8H,3-4,9-10H2,1-2H3,(H,15,19)(H,17,18). The molecule has 0 spiro atoms. The van der Waals surface area contributed by atoms with Crippen molar-refractivity contribution in [1.29, 1.82) is 0 Å². The first kappa shape index (κ1) is 15.0. The molecule has 0 fully saturated rings. The van der Waals surface area contributed by atoms with Gasteiger partial charge in [0.25, 0.3) is 0 Å². The van der Waals surface area contributed by atoms with E-state index in [1.807, 2.05) is 13.8 Å². The summed E-state index contributed by atoms with van der Waals surface area (Å²) in [6.45, 7) is 5.59. The molecule has 0 radical (unpaired) electrons. The highest BCUT2D eigenvalue weighted by Crippen LogP contribution is 2.09. The van der Waals surface area contributed by atoms with Gasteiger partial charge in [0.15, 0.2) is 0 Å². The number of carbonyl (C=O) groups excluding carboxylic acids is 1. The van der Waals surface area contributed by atoms with Crippen molar-refractivity contribution < 1.29 is 14.7 Å². The molecule has 5 nitrogen and oxygen atoms in total. The number of aromatic carboxylic acids is 1. The van der Waals surface area contributed by atoms with E-state index in [9.17, 15) is 9.59 Å². The van der Waals surface area contributed by atoms with Crippen LogP contribution in [0.5, 0.6) is 0 Å². The molecule has 0 heterocycles. The Morgan fingerprint density at radius 1 is 1.21 bits per heavy atom. The van der Waals surface area contributed by atoms with Crippen molar-refractivity contribution in [1.82, 2.24) is 10.2 Å². The lowest BCUT2D eigenvalue weighted by Crippen LogP contribution is -2.40. The third-order valence-electron chi connectivity index (χ3n) is 2.97. The fourth-order valence-corrected chi connectivity index (χ4v) is 1.87. The van der Waals surface area contributed by atoms with Crippen LogP contribution in [-0.2, 0) is 6.42 Å². The zero-order valence-corrected chi connectivity index (χ0v) is 11.3. The first-order valence-corrected chi connectivity index (χ1v) is 6.44. The topological polar surface area (TPSA) is 69.6 Å². The molecule has 0 saturated carbocycles. The molecule has 1 aromatic carbocycles. The molecule has 1 aromatic rings. The molecule has 0 aliphatic heterocycles. The van der Waals surface area contributed by atoms with Gasteiger partial charge >= 0.3 is 12.0 Å². The Labute approximate surface area is 113 Å². The van der Waals surface area contributed by atoms with Crippen LogP contribution in [0.3, 0.4) is 0 Å². The SMILES string of the molecule is CCN(CC)C(=O)NCCc1ccccc1C(=O)O. The summed E-state index contributed by atoms with van der Waals surface area (Å²) in [4.78, 5) is 24.4. The van der Waals surface area contributed by atoms with E-state index < -0.39 is 5.97 Å². The maximum atomic E-state index is 11.7. The highest BCUT2D eigenvalue weighted by atomic mass is 16.4. The van der Waals surface area contributed by atoms with Gasteiger partial charge in [0.2, 0.25) is 0 Å². The van der Waals surface area contributed by atoms with Crippen LogP contribution >= 0.6 is 0 Å². The lowest BCUT2D eigenvalue weighted by molar-refractivity contribution is 0.0695. The van der Waals surface area contributed by atoms with Gasteiger partial charge in [-0.05, 0) is 31.9 Å². The molecule has 104 valence electrons. The van der Waals surface area contributed by atoms with Gasteiger partial charge in [-0.3, -0.25) is 0 Å². The predicted octanol–water partition coefficient (Wildman–Crippen LogP) is 1.98. The zero-order valence-electron chi connectivity index (χ0n) is 11.3. The Bertz CT molecular complexity index is 442. The van der Waals surface area contributed by atoms with Gasteiger partial charge in [0, 0.05) is 19.6 Å². The molecule has 2 N–H and O–H groups in total. The third-order valence-corrected chi connectivity index (χ3v) is 2.97. The second kappa shape index (κ2) is 7.41. The number of carboxylic acids is 1. The number of amides is 2. The number of benzene rings is 1. The fourth-order valence-electron chi connectivity index (χ4n) is 1.87. The average molecular weight is 264 g/mol. The normalized spacial score (nSPS) is 10.0. The molecule has 0 aromatic heterocycles. The van der Waals surface area contributed by atoms with E-state index in [0.29, 0.717) is 31.6 Å². The van der Waals surface area contributed by atoms with Gasteiger partial charge in [0.05, 0.1) is 5.56 Å². The van der Waals surface area contributed by atoms with Crippen LogP contribution in [0, 0.1) is 0 Å². The Morgan fingerprint density at radius 3 is 2.42 bits per heavy atom. The summed E-state index contributed by atoms with van der Waals surface area (Å²) in [5, 5.41) is 11.8. The maximum Gasteiger partial charge on any atom is 0.335 e. The summed E-state index contributed by atoms with van der Waals surface area (Å²) < 4.78 is 0. The molecule has 0 aliphatic carbocycles. The van der Waals surface area contributed by atoms with Gasteiger partial charge in [-0.25, -0.2) is 9.59 Å². The van der Waals surface area contributed by atoms with E-state index in [1.165, 1.54) is 0 Å². The number of hydrogen-bond donors (Lipinski definition) is 2. The molecular formula is C14H20N2O3. The van der Waals surface area contributed by atoms with Crippen molar-refractivity contribution in [2.45, 2.75) is 20.3 Å². The van der Waals surface area contributed by atoms with Crippen molar-refractivity contribution in [3.05, 3.63) is 35.4 Å². The minimum absolute atomic E-state index is 0.113. The van der Waals surface area contributed by atoms with E-state index in [-0.39, 0.29) is 6.03 Å². The zero-order chi connectivity index (χ0) is 14.3. The number of urea groups is 1. The van der Waals surface area contributed by atoms with Crippen LogP contribution in [0.25, 0.3) is 0 Å². The van der Waals surface area contributed by atoms with E-state index in [4.69, 9.17) is 5.11 Å². The van der Waals surface area contributed by atoms with Gasteiger partial charge in [0.1, 0.15) is 0 Å². The molecule has 0 saturated heterocycles. The van der Waals surface area contributed by atoms with E-state index >= 15 is 0 Å². The smallest absolute Gasteiger partial charge is 0.335 e. The predicted molar refractivity (Wildman–Crippen MR) is 73.4 cm³/mol. The molecule has 19 heavy (non-hydrogen) atoms. The first-order valence-electron chi connectivity index (χ1n) is 6.44. The molecule has 0 unspecified atom stereocenters. The Hall–Kier alpha value is -2.04. The number of rotatable bonds is 6. The quantitative estimate of drug-likeness (QED) is 0.825. The van der Waals surface area contributed by atoms with Crippen molar-refractivity contribution in [2.24, 2.45) is 0 Å². The highest BCUT2D eigenvalue weighted by molar-refractivity contribution is 5.89. The number of hydrogen-bond acceptors (Lipinski definition) is 2. The van der Waals surface area contributed by atoms with Crippen LogP contribution in [0.15, 0.2) is 24.3 Å². The van der Waals surface area contributed by atoms with Crippen molar-refractivity contribution in [3.8, 4) is 0 Å². The minimum Gasteiger partial charge on any atom is -0.478 e. The summed E-state index contributed by atoms with van der Waals surface area (Å²) in [6.07, 6.45) is 0.509. The van der Waals surface area contributed by atoms with Crippen LogP contribution in [-0.4, -0.2) is 41.6 Å². The molecule has 2 amide bonds. The fraction of sp³-hybridized carbons (Fsp3) is 0.429. The van der Waals surface area contributed by atoms with Gasteiger partial charge < -0.3 is 15.3 Å². The maximum absolute atomic E-state index is 11.7. The Balaban J connectivity index is 2.54. The average Bonchev–Trinajstić information content (AvgIpc) is 2.40. The third kappa shape index (κ3) is 4.28. The number of carboxylic acid groups (broad SMARTS) is 1. The Morgan fingerprint density at radius 2 is 1.84 bits per heavy atom. The highest BCUT2D eigenvalue weighted by Gasteiger charge is 2.11. The molecule has 5 heteroatoms. The van der Waals surface area contributed by atoms with Gasteiger partial charge in [-0.1, -0.05) is 18.2 Å². The van der Waals surface area contributed by atoms with Crippen LogP contribution < -0.4 is 5.32 Å².